The van der Waals surface area contributed by atoms with Gasteiger partial charge in [0.2, 0.25) is 0 Å². The molecule has 0 saturated carbocycles. The first-order valence-electron chi connectivity index (χ1n) is 6.15. The van der Waals surface area contributed by atoms with Crippen LogP contribution in [0.3, 0.4) is 0 Å². The highest BCUT2D eigenvalue weighted by molar-refractivity contribution is 8.00. The molecule has 0 aliphatic carbocycles. The molecule has 2 nitrogen and oxygen atoms in total. The molecule has 2 unspecified atom stereocenters. The van der Waals surface area contributed by atoms with E-state index in [-0.39, 0.29) is 0 Å². The number of nitrogens with one attached hydrogen (secondary N) is 1. The largest absolute Gasteiger partial charge is 0.313 e. The molecule has 1 aliphatic heterocycles. The minimum Gasteiger partial charge on any atom is -0.313 e. The van der Waals surface area contributed by atoms with Crippen LogP contribution in [0.5, 0.6) is 0 Å². The van der Waals surface area contributed by atoms with Gasteiger partial charge in [-0.3, -0.25) is 0 Å². The van der Waals surface area contributed by atoms with E-state index in [1.54, 1.807) is 0 Å². The van der Waals surface area contributed by atoms with Gasteiger partial charge in [-0.25, -0.2) is 0 Å². The first-order valence-corrected chi connectivity index (χ1v) is 7.19. The number of thioether (sulfide) groups is 1. The predicted octanol–water partition coefficient (Wildman–Crippen LogP) is 2.20. The molecule has 0 spiro atoms. The zero-order valence-corrected chi connectivity index (χ0v) is 11.4. The highest BCUT2D eigenvalue weighted by Crippen LogP contribution is 2.25. The van der Waals surface area contributed by atoms with E-state index in [1.165, 1.54) is 31.7 Å². The fraction of sp³-hybridized carbons (Fsp3) is 1.00. The van der Waals surface area contributed by atoms with E-state index in [0.717, 1.165) is 11.3 Å². The second-order valence-electron chi connectivity index (χ2n) is 4.96. The summed E-state index contributed by atoms with van der Waals surface area (Å²) < 4.78 is 0. The summed E-state index contributed by atoms with van der Waals surface area (Å²) in [4.78, 5) is 2.41. The Labute approximate surface area is 99.2 Å². The minimum atomic E-state index is 0.673. The van der Waals surface area contributed by atoms with Crippen molar-refractivity contribution in [3.05, 3.63) is 0 Å². The van der Waals surface area contributed by atoms with Gasteiger partial charge in [0.1, 0.15) is 0 Å². The molecule has 0 aromatic carbocycles. The zero-order chi connectivity index (χ0) is 11.3. The van der Waals surface area contributed by atoms with Crippen molar-refractivity contribution in [2.45, 2.75) is 50.9 Å². The Kier molecular flexibility index (Phi) is 6.02. The molecule has 1 rings (SSSR count). The van der Waals surface area contributed by atoms with Gasteiger partial charge in [0.05, 0.1) is 0 Å². The van der Waals surface area contributed by atoms with Crippen LogP contribution in [0.15, 0.2) is 0 Å². The van der Waals surface area contributed by atoms with Crippen LogP contribution in [0.4, 0.5) is 0 Å². The van der Waals surface area contributed by atoms with E-state index in [0.29, 0.717) is 6.04 Å². The fourth-order valence-corrected chi connectivity index (χ4v) is 3.04. The predicted molar refractivity (Wildman–Crippen MR) is 70.7 cm³/mol. The molecule has 0 aromatic heterocycles. The second-order valence-corrected chi connectivity index (χ2v) is 6.43. The molecule has 2 atom stereocenters. The smallest absolute Gasteiger partial charge is 0.0168 e. The normalized spacial score (nSPS) is 26.8. The summed E-state index contributed by atoms with van der Waals surface area (Å²) in [6.45, 7) is 9.22. The van der Waals surface area contributed by atoms with Gasteiger partial charge in [0.25, 0.3) is 0 Å². The van der Waals surface area contributed by atoms with Gasteiger partial charge in [0, 0.05) is 23.1 Å². The van der Waals surface area contributed by atoms with E-state index in [2.05, 4.69) is 49.8 Å². The Hall–Kier alpha value is 0.270. The van der Waals surface area contributed by atoms with Crippen LogP contribution in [0.2, 0.25) is 0 Å². The lowest BCUT2D eigenvalue weighted by Gasteiger charge is -2.21. The van der Waals surface area contributed by atoms with Gasteiger partial charge in [-0.2, -0.15) is 11.8 Å². The Bertz CT molecular complexity index is 173. The number of hydrogen-bond donors (Lipinski definition) is 1. The van der Waals surface area contributed by atoms with E-state index in [4.69, 9.17) is 0 Å². The van der Waals surface area contributed by atoms with Gasteiger partial charge in [-0.1, -0.05) is 6.92 Å². The lowest BCUT2D eigenvalue weighted by atomic mass is 10.2. The Balaban J connectivity index is 1.97. The highest BCUT2D eigenvalue weighted by atomic mass is 32.2. The Morgan fingerprint density at radius 2 is 2.20 bits per heavy atom. The topological polar surface area (TPSA) is 15.3 Å². The molecule has 1 N–H and O–H groups in total. The second kappa shape index (κ2) is 6.77. The molecule has 1 fully saturated rings. The average molecular weight is 230 g/mol. The molecule has 1 saturated heterocycles. The van der Waals surface area contributed by atoms with Crippen LogP contribution in [-0.4, -0.2) is 48.1 Å². The van der Waals surface area contributed by atoms with E-state index in [1.807, 2.05) is 0 Å². The van der Waals surface area contributed by atoms with Crippen molar-refractivity contribution in [1.29, 1.82) is 0 Å². The summed E-state index contributed by atoms with van der Waals surface area (Å²) in [6.07, 6.45) is 2.62. The van der Waals surface area contributed by atoms with Crippen molar-refractivity contribution in [1.82, 2.24) is 10.2 Å². The van der Waals surface area contributed by atoms with Crippen LogP contribution >= 0.6 is 11.8 Å². The highest BCUT2D eigenvalue weighted by Gasteiger charge is 2.20. The summed E-state index contributed by atoms with van der Waals surface area (Å²) in [7, 11) is 2.21. The summed E-state index contributed by atoms with van der Waals surface area (Å²) in [5, 5.41) is 4.52. The molecule has 90 valence electrons. The molecular formula is C12H26N2S. The van der Waals surface area contributed by atoms with Crippen LogP contribution < -0.4 is 5.32 Å². The summed E-state index contributed by atoms with van der Waals surface area (Å²) >= 11 is 2.10. The van der Waals surface area contributed by atoms with E-state index >= 15 is 0 Å². The molecule has 0 amide bonds. The quantitative estimate of drug-likeness (QED) is 0.704. The lowest BCUT2D eigenvalue weighted by molar-refractivity contribution is 0.268. The van der Waals surface area contributed by atoms with E-state index < -0.39 is 0 Å². The van der Waals surface area contributed by atoms with E-state index in [9.17, 15) is 0 Å². The average Bonchev–Trinajstić information content (AvgIpc) is 2.58. The maximum atomic E-state index is 3.66. The van der Waals surface area contributed by atoms with Crippen molar-refractivity contribution in [3.8, 4) is 0 Å². The molecular weight excluding hydrogens is 204 g/mol. The van der Waals surface area contributed by atoms with Crippen molar-refractivity contribution >= 4 is 11.8 Å². The number of rotatable bonds is 6. The third kappa shape index (κ3) is 5.23. The standard InChI is InChI=1S/C12H26N2S/c1-10(2)14(4)7-5-6-13-12-8-11(3)15-9-12/h10-13H,5-9H2,1-4H3. The third-order valence-corrected chi connectivity index (χ3v) is 4.56. The van der Waals surface area contributed by atoms with Crippen molar-refractivity contribution in [2.24, 2.45) is 0 Å². The van der Waals surface area contributed by atoms with Crippen LogP contribution in [-0.2, 0) is 0 Å². The molecule has 0 aromatic rings. The van der Waals surface area contributed by atoms with Gasteiger partial charge in [-0.15, -0.1) is 0 Å². The first kappa shape index (κ1) is 13.3. The summed E-state index contributed by atoms with van der Waals surface area (Å²) in [5.41, 5.74) is 0. The fourth-order valence-electron chi connectivity index (χ4n) is 1.85. The molecule has 0 bridgehead atoms. The summed E-state index contributed by atoms with van der Waals surface area (Å²) in [6, 6.07) is 1.45. The molecule has 1 heterocycles. The maximum Gasteiger partial charge on any atom is 0.0168 e. The van der Waals surface area contributed by atoms with Crippen LogP contribution in [0.1, 0.15) is 33.6 Å². The Morgan fingerprint density at radius 3 is 2.73 bits per heavy atom. The third-order valence-electron chi connectivity index (χ3n) is 3.20. The maximum absolute atomic E-state index is 3.66. The van der Waals surface area contributed by atoms with Gasteiger partial charge in [-0.05, 0) is 46.8 Å². The molecule has 3 heteroatoms. The van der Waals surface area contributed by atoms with Gasteiger partial charge < -0.3 is 10.2 Å². The van der Waals surface area contributed by atoms with Gasteiger partial charge in [0.15, 0.2) is 0 Å². The van der Waals surface area contributed by atoms with Crippen molar-refractivity contribution in [3.63, 3.8) is 0 Å². The molecule has 1 aliphatic rings. The SMILES string of the molecule is CC1CC(NCCCN(C)C(C)C)CS1. The molecule has 0 radical (unpaired) electrons. The summed E-state index contributed by atoms with van der Waals surface area (Å²) in [5.74, 6) is 1.31. The first-order chi connectivity index (χ1) is 7.09. The van der Waals surface area contributed by atoms with Gasteiger partial charge >= 0.3 is 0 Å². The lowest BCUT2D eigenvalue weighted by Crippen LogP contribution is -2.33. The van der Waals surface area contributed by atoms with Crippen molar-refractivity contribution in [2.75, 3.05) is 25.9 Å². The minimum absolute atomic E-state index is 0.673. The Morgan fingerprint density at radius 1 is 1.47 bits per heavy atom. The number of hydrogen-bond acceptors (Lipinski definition) is 3. The molecule has 15 heavy (non-hydrogen) atoms. The number of nitrogens with zero attached hydrogens (tertiary/aromatic N) is 1. The monoisotopic (exact) mass is 230 g/mol. The van der Waals surface area contributed by atoms with Crippen molar-refractivity contribution < 1.29 is 0 Å². The van der Waals surface area contributed by atoms with Crippen LogP contribution in [0, 0.1) is 0 Å². The zero-order valence-electron chi connectivity index (χ0n) is 10.6. The van der Waals surface area contributed by atoms with Crippen LogP contribution in [0.25, 0.3) is 0 Å².